The van der Waals surface area contributed by atoms with Crippen LogP contribution in [0, 0.1) is 3.70 Å². The number of aryl methyl sites for hydroxylation is 1. The third-order valence-corrected chi connectivity index (χ3v) is 2.62. The van der Waals surface area contributed by atoms with Gasteiger partial charge in [-0.3, -0.25) is 0 Å². The molecule has 0 amide bonds. The van der Waals surface area contributed by atoms with Crippen LogP contribution in [0.15, 0.2) is 24.9 Å². The fourth-order valence-electron chi connectivity index (χ4n) is 1.32. The molecule has 0 bridgehead atoms. The highest BCUT2D eigenvalue weighted by Crippen LogP contribution is 2.03. The van der Waals surface area contributed by atoms with E-state index in [-0.39, 0.29) is 0 Å². The van der Waals surface area contributed by atoms with Gasteiger partial charge in [0.25, 0.3) is 0 Å². The lowest BCUT2D eigenvalue weighted by atomic mass is 10.3. The number of rotatable bonds is 4. The van der Waals surface area contributed by atoms with E-state index in [1.54, 1.807) is 18.7 Å². The number of halogens is 1. The Hall–Kier alpha value is -1.18. The third-order valence-electron chi connectivity index (χ3n) is 2.07. The molecule has 2 aromatic rings. The molecule has 0 saturated carbocycles. The van der Waals surface area contributed by atoms with E-state index in [0.717, 1.165) is 28.2 Å². The molecule has 5 nitrogen and oxygen atoms in total. The van der Waals surface area contributed by atoms with Crippen LogP contribution in [0.5, 0.6) is 0 Å². The first-order valence-electron chi connectivity index (χ1n) is 4.92. The van der Waals surface area contributed by atoms with Crippen molar-refractivity contribution in [2.24, 2.45) is 7.05 Å². The first-order chi connectivity index (χ1) is 7.74. The summed E-state index contributed by atoms with van der Waals surface area (Å²) in [5.41, 5.74) is 1.08. The predicted molar refractivity (Wildman–Crippen MR) is 70.2 cm³/mol. The van der Waals surface area contributed by atoms with Crippen LogP contribution in [0.2, 0.25) is 0 Å². The molecule has 0 fully saturated rings. The molecule has 0 radical (unpaired) electrons. The number of aromatic nitrogens is 4. The fourth-order valence-corrected chi connectivity index (χ4v) is 1.60. The Balaban J connectivity index is 1.82. The second-order valence-corrected chi connectivity index (χ2v) is 4.54. The van der Waals surface area contributed by atoms with Gasteiger partial charge in [0.2, 0.25) is 0 Å². The van der Waals surface area contributed by atoms with Gasteiger partial charge in [-0.2, -0.15) is 0 Å². The fraction of sp³-hybridized carbons (Fsp3) is 0.300. The summed E-state index contributed by atoms with van der Waals surface area (Å²) < 4.78 is 2.84. The van der Waals surface area contributed by atoms with Crippen LogP contribution < -0.4 is 5.32 Å². The van der Waals surface area contributed by atoms with Gasteiger partial charge in [0, 0.05) is 26.2 Å². The summed E-state index contributed by atoms with van der Waals surface area (Å²) in [5.74, 6) is 0.802. The van der Waals surface area contributed by atoms with Crippen molar-refractivity contribution < 1.29 is 0 Å². The van der Waals surface area contributed by atoms with Crippen molar-refractivity contribution >= 4 is 28.4 Å². The maximum absolute atomic E-state index is 4.25. The molecule has 0 spiro atoms. The number of nitrogens with zero attached hydrogens (tertiary/aromatic N) is 4. The Labute approximate surface area is 107 Å². The van der Waals surface area contributed by atoms with Crippen LogP contribution in [-0.4, -0.2) is 26.1 Å². The standard InChI is InChI=1S/C10H12IN5/c1-16-6-8(15-7-16)2-3-12-10-5-13-9(11)4-14-10/h4-7H,2-3H2,1H3,(H,12,14). The summed E-state index contributed by atoms with van der Waals surface area (Å²) in [6.07, 6.45) is 8.18. The molecule has 6 heteroatoms. The highest BCUT2D eigenvalue weighted by Gasteiger charge is 1.98. The largest absolute Gasteiger partial charge is 0.368 e. The molecule has 0 unspecified atom stereocenters. The van der Waals surface area contributed by atoms with Crippen molar-refractivity contribution in [2.75, 3.05) is 11.9 Å². The van der Waals surface area contributed by atoms with E-state index in [0.29, 0.717) is 0 Å². The minimum absolute atomic E-state index is 0.802. The van der Waals surface area contributed by atoms with E-state index in [9.17, 15) is 0 Å². The number of imidazole rings is 1. The maximum atomic E-state index is 4.25. The van der Waals surface area contributed by atoms with Gasteiger partial charge in [-0.25, -0.2) is 15.0 Å². The lowest BCUT2D eigenvalue weighted by Crippen LogP contribution is -2.06. The molecule has 2 aromatic heterocycles. The number of hydrogen-bond donors (Lipinski definition) is 1. The van der Waals surface area contributed by atoms with E-state index in [2.05, 4.69) is 42.9 Å². The molecule has 0 aliphatic carbocycles. The zero-order valence-electron chi connectivity index (χ0n) is 8.89. The average Bonchev–Trinajstić information content (AvgIpc) is 2.67. The van der Waals surface area contributed by atoms with Crippen LogP contribution in [0.3, 0.4) is 0 Å². The Morgan fingerprint density at radius 1 is 1.31 bits per heavy atom. The lowest BCUT2D eigenvalue weighted by molar-refractivity contribution is 0.910. The van der Waals surface area contributed by atoms with E-state index in [1.807, 2.05) is 17.8 Å². The molecule has 2 heterocycles. The molecule has 16 heavy (non-hydrogen) atoms. The third kappa shape index (κ3) is 3.16. The summed E-state index contributed by atoms with van der Waals surface area (Å²) in [6, 6.07) is 0. The second-order valence-electron chi connectivity index (χ2n) is 3.43. The van der Waals surface area contributed by atoms with Crippen LogP contribution in [0.1, 0.15) is 5.69 Å². The Bertz CT molecular complexity index is 450. The Kier molecular flexibility index (Phi) is 3.70. The van der Waals surface area contributed by atoms with Crippen LogP contribution in [-0.2, 0) is 13.5 Å². The van der Waals surface area contributed by atoms with Crippen molar-refractivity contribution in [3.05, 3.63) is 34.3 Å². The van der Waals surface area contributed by atoms with Gasteiger partial charge in [0.1, 0.15) is 9.52 Å². The highest BCUT2D eigenvalue weighted by molar-refractivity contribution is 14.1. The van der Waals surface area contributed by atoms with Crippen molar-refractivity contribution in [1.82, 2.24) is 19.5 Å². The summed E-state index contributed by atoms with van der Waals surface area (Å²) in [7, 11) is 1.97. The number of anilines is 1. The van der Waals surface area contributed by atoms with Gasteiger partial charge in [-0.1, -0.05) is 0 Å². The molecule has 0 aromatic carbocycles. The lowest BCUT2D eigenvalue weighted by Gasteiger charge is -2.02. The summed E-state index contributed by atoms with van der Waals surface area (Å²) >= 11 is 2.13. The molecular weight excluding hydrogens is 317 g/mol. The van der Waals surface area contributed by atoms with E-state index in [4.69, 9.17) is 0 Å². The molecule has 0 saturated heterocycles. The maximum Gasteiger partial charge on any atom is 0.144 e. The molecule has 1 N–H and O–H groups in total. The Morgan fingerprint density at radius 2 is 2.19 bits per heavy atom. The summed E-state index contributed by atoms with van der Waals surface area (Å²) in [6.45, 7) is 0.812. The molecular formula is C10H12IN5. The second kappa shape index (κ2) is 5.24. The van der Waals surface area contributed by atoms with Gasteiger partial charge < -0.3 is 9.88 Å². The summed E-state index contributed by atoms with van der Waals surface area (Å²) in [5, 5.41) is 3.20. The van der Waals surface area contributed by atoms with Gasteiger partial charge in [0.05, 0.1) is 24.4 Å². The number of nitrogens with one attached hydrogen (secondary N) is 1. The first-order valence-corrected chi connectivity index (χ1v) is 6.00. The first kappa shape index (κ1) is 11.3. The predicted octanol–water partition coefficient (Wildman–Crippen LogP) is 1.47. The van der Waals surface area contributed by atoms with Gasteiger partial charge in [-0.05, 0) is 22.6 Å². The zero-order chi connectivity index (χ0) is 11.4. The van der Waals surface area contributed by atoms with Gasteiger partial charge in [-0.15, -0.1) is 0 Å². The van der Waals surface area contributed by atoms with Crippen molar-refractivity contribution in [3.63, 3.8) is 0 Å². The molecule has 2 rings (SSSR count). The monoisotopic (exact) mass is 329 g/mol. The SMILES string of the molecule is Cn1cnc(CCNc2cnc(I)cn2)c1. The molecule has 0 aliphatic rings. The van der Waals surface area contributed by atoms with Crippen LogP contribution in [0.25, 0.3) is 0 Å². The van der Waals surface area contributed by atoms with Gasteiger partial charge >= 0.3 is 0 Å². The van der Waals surface area contributed by atoms with E-state index < -0.39 is 0 Å². The van der Waals surface area contributed by atoms with Crippen molar-refractivity contribution in [1.29, 1.82) is 0 Å². The van der Waals surface area contributed by atoms with Gasteiger partial charge in [0.15, 0.2) is 0 Å². The zero-order valence-corrected chi connectivity index (χ0v) is 11.0. The van der Waals surface area contributed by atoms with Crippen molar-refractivity contribution in [2.45, 2.75) is 6.42 Å². The average molecular weight is 329 g/mol. The van der Waals surface area contributed by atoms with Crippen LogP contribution >= 0.6 is 22.6 Å². The molecule has 0 aliphatic heterocycles. The number of hydrogen-bond acceptors (Lipinski definition) is 4. The summed E-state index contributed by atoms with van der Waals surface area (Å²) in [4.78, 5) is 12.6. The normalized spacial score (nSPS) is 10.4. The van der Waals surface area contributed by atoms with E-state index in [1.165, 1.54) is 0 Å². The smallest absolute Gasteiger partial charge is 0.144 e. The molecule has 0 atom stereocenters. The Morgan fingerprint density at radius 3 is 2.81 bits per heavy atom. The minimum Gasteiger partial charge on any atom is -0.368 e. The van der Waals surface area contributed by atoms with Crippen molar-refractivity contribution in [3.8, 4) is 0 Å². The topological polar surface area (TPSA) is 55.6 Å². The van der Waals surface area contributed by atoms with Crippen LogP contribution in [0.4, 0.5) is 5.82 Å². The molecule has 84 valence electrons. The van der Waals surface area contributed by atoms with E-state index >= 15 is 0 Å². The quantitative estimate of drug-likeness (QED) is 0.863. The highest BCUT2D eigenvalue weighted by atomic mass is 127. The minimum atomic E-state index is 0.802.